The van der Waals surface area contributed by atoms with E-state index < -0.39 is 10.1 Å². The summed E-state index contributed by atoms with van der Waals surface area (Å²) >= 11 is 0. The van der Waals surface area contributed by atoms with Gasteiger partial charge in [0.1, 0.15) is 0 Å². The fourth-order valence-corrected chi connectivity index (χ4v) is 1.33. The fourth-order valence-electron chi connectivity index (χ4n) is 1.33. The summed E-state index contributed by atoms with van der Waals surface area (Å²) in [5.41, 5.74) is 0. The smallest absolute Gasteiger partial charge is 0.264 e. The topological polar surface area (TPSA) is 86.6 Å². The van der Waals surface area contributed by atoms with Crippen LogP contribution in [0.2, 0.25) is 0 Å². The van der Waals surface area contributed by atoms with Gasteiger partial charge >= 0.3 is 0 Å². The molecule has 0 aromatic rings. The summed E-state index contributed by atoms with van der Waals surface area (Å²) in [6.45, 7) is 7.90. The molecule has 3 N–H and O–H groups in total. The van der Waals surface area contributed by atoms with E-state index in [-0.39, 0.29) is 12.4 Å². The van der Waals surface area contributed by atoms with Gasteiger partial charge in [-0.05, 0) is 25.8 Å². The molecule has 0 heterocycles. The summed E-state index contributed by atoms with van der Waals surface area (Å²) in [4.78, 5) is 0. The van der Waals surface area contributed by atoms with Crippen molar-refractivity contribution < 1.29 is 18.1 Å². The van der Waals surface area contributed by atoms with E-state index >= 15 is 0 Å². The Morgan fingerprint density at radius 2 is 1.78 bits per heavy atom. The Labute approximate surface area is 112 Å². The Morgan fingerprint density at radius 3 is 2.11 bits per heavy atom. The molecule has 1 atom stereocenters. The quantitative estimate of drug-likeness (QED) is 0.443. The molecule has 0 amide bonds. The first-order valence-electron chi connectivity index (χ1n) is 6.67. The number of hydrogen-bond donors (Lipinski definition) is 3. The predicted octanol–water partition coefficient (Wildman–Crippen LogP) is 1.68. The molecule has 18 heavy (non-hydrogen) atoms. The molecule has 0 saturated heterocycles. The van der Waals surface area contributed by atoms with Gasteiger partial charge in [0.05, 0.1) is 12.4 Å². The van der Waals surface area contributed by atoms with Crippen molar-refractivity contribution in [2.24, 2.45) is 5.92 Å². The van der Waals surface area contributed by atoms with Crippen LogP contribution in [-0.2, 0) is 10.1 Å². The molecule has 0 aromatic carbocycles. The van der Waals surface area contributed by atoms with Crippen LogP contribution in [0.5, 0.6) is 0 Å². The van der Waals surface area contributed by atoms with Crippen LogP contribution in [-0.4, -0.2) is 43.5 Å². The molecular formula is C12H29NO4S. The number of unbranched alkanes of at least 4 members (excludes halogenated alkanes) is 1. The summed E-state index contributed by atoms with van der Waals surface area (Å²) in [7, 11) is -3.66. The molecule has 5 nitrogen and oxygen atoms in total. The Balaban J connectivity index is 0. The molecule has 0 spiro atoms. The lowest BCUT2D eigenvalue weighted by Gasteiger charge is -2.14. The summed E-state index contributed by atoms with van der Waals surface area (Å²) in [6, 6.07) is 0. The standard InChI is InChI=1S/C10H23NO.C2H6O3S/c1-3-5-6-10(4-2)9-11-7-8-12;1-2-6(3,4)5/h10-12H,3-9H2,1-2H3;2H2,1H3,(H,3,4,5). The van der Waals surface area contributed by atoms with Crippen LogP contribution >= 0.6 is 0 Å². The third-order valence-electron chi connectivity index (χ3n) is 2.63. The average molecular weight is 283 g/mol. The molecule has 0 aliphatic carbocycles. The van der Waals surface area contributed by atoms with Gasteiger partial charge in [-0.3, -0.25) is 4.55 Å². The summed E-state index contributed by atoms with van der Waals surface area (Å²) < 4.78 is 26.9. The highest BCUT2D eigenvalue weighted by Crippen LogP contribution is 2.10. The Morgan fingerprint density at radius 1 is 1.22 bits per heavy atom. The first-order valence-corrected chi connectivity index (χ1v) is 8.28. The molecule has 0 bridgehead atoms. The van der Waals surface area contributed by atoms with Crippen LogP contribution in [0.4, 0.5) is 0 Å². The number of nitrogens with one attached hydrogen (secondary N) is 1. The van der Waals surface area contributed by atoms with Gasteiger partial charge in [-0.25, -0.2) is 0 Å². The van der Waals surface area contributed by atoms with Gasteiger partial charge in [-0.1, -0.05) is 33.1 Å². The third kappa shape index (κ3) is 18.2. The van der Waals surface area contributed by atoms with E-state index in [0.717, 1.165) is 19.0 Å². The molecule has 0 fully saturated rings. The minimum atomic E-state index is -3.66. The zero-order chi connectivity index (χ0) is 14.4. The van der Waals surface area contributed by atoms with Crippen molar-refractivity contribution in [3.05, 3.63) is 0 Å². The molecular weight excluding hydrogens is 254 g/mol. The van der Waals surface area contributed by atoms with Gasteiger partial charge < -0.3 is 10.4 Å². The van der Waals surface area contributed by atoms with E-state index in [2.05, 4.69) is 19.2 Å². The van der Waals surface area contributed by atoms with Crippen molar-refractivity contribution in [3.8, 4) is 0 Å². The van der Waals surface area contributed by atoms with Crippen molar-refractivity contribution >= 4 is 10.1 Å². The van der Waals surface area contributed by atoms with Crippen molar-refractivity contribution in [1.82, 2.24) is 5.32 Å². The minimum Gasteiger partial charge on any atom is -0.395 e. The van der Waals surface area contributed by atoms with Crippen molar-refractivity contribution in [3.63, 3.8) is 0 Å². The number of rotatable bonds is 9. The fraction of sp³-hybridized carbons (Fsp3) is 1.00. The summed E-state index contributed by atoms with van der Waals surface area (Å²) in [6.07, 6.45) is 5.19. The third-order valence-corrected chi connectivity index (χ3v) is 3.36. The van der Waals surface area contributed by atoms with Gasteiger partial charge in [0.25, 0.3) is 10.1 Å². The van der Waals surface area contributed by atoms with E-state index in [1.807, 2.05) is 0 Å². The Bertz CT molecular complexity index is 255. The minimum absolute atomic E-state index is 0.201. The highest BCUT2D eigenvalue weighted by Gasteiger charge is 2.03. The second-order valence-corrected chi connectivity index (χ2v) is 5.96. The SMILES string of the molecule is CCCCC(CC)CNCCO.CCS(=O)(=O)O. The molecule has 0 rings (SSSR count). The second-order valence-electron chi connectivity index (χ2n) is 4.21. The second kappa shape index (κ2) is 13.3. The van der Waals surface area contributed by atoms with E-state index in [1.165, 1.54) is 32.6 Å². The maximum absolute atomic E-state index is 9.56. The molecule has 1 unspecified atom stereocenters. The van der Waals surface area contributed by atoms with Crippen LogP contribution in [0.15, 0.2) is 0 Å². The van der Waals surface area contributed by atoms with Crippen LogP contribution in [0, 0.1) is 5.92 Å². The van der Waals surface area contributed by atoms with E-state index in [0.29, 0.717) is 0 Å². The van der Waals surface area contributed by atoms with Crippen molar-refractivity contribution in [1.29, 1.82) is 0 Å². The molecule has 0 aliphatic heterocycles. The first kappa shape index (κ1) is 20.2. The van der Waals surface area contributed by atoms with Crippen LogP contribution in [0.1, 0.15) is 46.5 Å². The molecule has 0 saturated carbocycles. The van der Waals surface area contributed by atoms with Crippen LogP contribution in [0.3, 0.4) is 0 Å². The Hall–Kier alpha value is -0.170. The molecule has 0 radical (unpaired) electrons. The van der Waals surface area contributed by atoms with Crippen LogP contribution in [0.25, 0.3) is 0 Å². The zero-order valence-electron chi connectivity index (χ0n) is 11.9. The van der Waals surface area contributed by atoms with E-state index in [4.69, 9.17) is 9.66 Å². The average Bonchev–Trinajstić information content (AvgIpc) is 2.33. The lowest BCUT2D eigenvalue weighted by Crippen LogP contribution is -2.25. The monoisotopic (exact) mass is 283 g/mol. The molecule has 0 aromatic heterocycles. The molecule has 112 valence electrons. The van der Waals surface area contributed by atoms with Gasteiger partial charge in [0.15, 0.2) is 0 Å². The summed E-state index contributed by atoms with van der Waals surface area (Å²) in [5.74, 6) is 0.601. The highest BCUT2D eigenvalue weighted by atomic mass is 32.2. The maximum atomic E-state index is 9.56. The van der Waals surface area contributed by atoms with Gasteiger partial charge in [-0.2, -0.15) is 8.42 Å². The Kier molecular flexibility index (Phi) is 14.9. The highest BCUT2D eigenvalue weighted by molar-refractivity contribution is 7.85. The lowest BCUT2D eigenvalue weighted by molar-refractivity contribution is 0.285. The largest absolute Gasteiger partial charge is 0.395 e. The lowest BCUT2D eigenvalue weighted by atomic mass is 9.99. The number of hydrogen-bond acceptors (Lipinski definition) is 4. The molecule has 0 aliphatic rings. The van der Waals surface area contributed by atoms with E-state index in [1.54, 1.807) is 0 Å². The van der Waals surface area contributed by atoms with Gasteiger partial charge in [0, 0.05) is 6.54 Å². The normalized spacial score (nSPS) is 12.7. The predicted molar refractivity (Wildman–Crippen MR) is 75.4 cm³/mol. The number of aliphatic hydroxyl groups excluding tert-OH is 1. The van der Waals surface area contributed by atoms with Crippen molar-refractivity contribution in [2.75, 3.05) is 25.4 Å². The van der Waals surface area contributed by atoms with Gasteiger partial charge in [0.2, 0.25) is 0 Å². The maximum Gasteiger partial charge on any atom is 0.264 e. The molecule has 6 heteroatoms. The first-order chi connectivity index (χ1) is 8.41. The van der Waals surface area contributed by atoms with Crippen molar-refractivity contribution in [2.45, 2.75) is 46.5 Å². The van der Waals surface area contributed by atoms with Gasteiger partial charge in [-0.15, -0.1) is 0 Å². The zero-order valence-corrected chi connectivity index (χ0v) is 12.7. The summed E-state index contributed by atoms with van der Waals surface area (Å²) in [5, 5.41) is 11.8. The van der Waals surface area contributed by atoms with Crippen LogP contribution < -0.4 is 5.32 Å². The number of aliphatic hydroxyl groups is 1. The van der Waals surface area contributed by atoms with E-state index in [9.17, 15) is 8.42 Å².